The summed E-state index contributed by atoms with van der Waals surface area (Å²) < 4.78 is 21.4. The Kier molecular flexibility index (Phi) is 7.48. The molecule has 3 rings (SSSR count). The third kappa shape index (κ3) is 5.99. The number of methoxy groups -OCH3 is 2. The number of carbonyl (C=O) groups is 2. The van der Waals surface area contributed by atoms with Gasteiger partial charge in [0.15, 0.2) is 18.1 Å². The van der Waals surface area contributed by atoms with Gasteiger partial charge in [0.25, 0.3) is 5.91 Å². The van der Waals surface area contributed by atoms with E-state index >= 15 is 0 Å². The van der Waals surface area contributed by atoms with Crippen molar-refractivity contribution in [3.8, 4) is 17.2 Å². The molecule has 1 N–H and O–H groups in total. The third-order valence-electron chi connectivity index (χ3n) is 4.35. The predicted octanol–water partition coefficient (Wildman–Crippen LogP) is 4.08. The summed E-state index contributed by atoms with van der Waals surface area (Å²) in [6.07, 6.45) is 0. The summed E-state index contributed by atoms with van der Waals surface area (Å²) in [6, 6.07) is 21.4. The topological polar surface area (TPSA) is 83.1 Å². The largest absolute Gasteiger partial charge is 0.495 e. The molecule has 3 aromatic carbocycles. The van der Waals surface area contributed by atoms with Gasteiger partial charge in [0, 0.05) is 0 Å². The number of para-hydroxylation sites is 2. The molecule has 0 aliphatic rings. The van der Waals surface area contributed by atoms with E-state index in [2.05, 4.69) is 5.32 Å². The first kappa shape index (κ1) is 21.7. The van der Waals surface area contributed by atoms with Crippen LogP contribution in [0, 0.1) is 0 Å². The van der Waals surface area contributed by atoms with Crippen molar-refractivity contribution in [2.45, 2.75) is 6.61 Å². The van der Waals surface area contributed by atoms with E-state index in [1.54, 1.807) is 36.4 Å². The number of ether oxygens (including phenoxy) is 4. The van der Waals surface area contributed by atoms with Crippen LogP contribution >= 0.6 is 0 Å². The Labute approximate surface area is 180 Å². The summed E-state index contributed by atoms with van der Waals surface area (Å²) in [4.78, 5) is 24.5. The van der Waals surface area contributed by atoms with Gasteiger partial charge in [-0.2, -0.15) is 0 Å². The average molecular weight is 421 g/mol. The number of hydrogen-bond donors (Lipinski definition) is 1. The first-order chi connectivity index (χ1) is 15.1. The Bertz CT molecular complexity index is 1040. The maximum absolute atomic E-state index is 12.4. The van der Waals surface area contributed by atoms with Gasteiger partial charge >= 0.3 is 5.97 Å². The van der Waals surface area contributed by atoms with Gasteiger partial charge in [-0.3, -0.25) is 4.79 Å². The highest BCUT2D eigenvalue weighted by Gasteiger charge is 2.15. The SMILES string of the molecule is COc1ccccc1NC(=O)COC(=O)c1ccc(OCc2ccccc2)c(OC)c1. The molecule has 7 heteroatoms. The lowest BCUT2D eigenvalue weighted by Crippen LogP contribution is -2.21. The number of hydrogen-bond acceptors (Lipinski definition) is 6. The van der Waals surface area contributed by atoms with E-state index in [-0.39, 0.29) is 5.56 Å². The summed E-state index contributed by atoms with van der Waals surface area (Å²) in [7, 11) is 2.99. The number of esters is 1. The Hall–Kier alpha value is -4.00. The van der Waals surface area contributed by atoms with Gasteiger partial charge in [0.1, 0.15) is 12.4 Å². The van der Waals surface area contributed by atoms with E-state index < -0.39 is 18.5 Å². The maximum atomic E-state index is 12.4. The van der Waals surface area contributed by atoms with Gasteiger partial charge in [0.2, 0.25) is 0 Å². The van der Waals surface area contributed by atoms with Gasteiger partial charge in [-0.1, -0.05) is 42.5 Å². The van der Waals surface area contributed by atoms with Crippen molar-refractivity contribution in [1.29, 1.82) is 0 Å². The molecule has 1 amide bonds. The minimum atomic E-state index is -0.650. The van der Waals surface area contributed by atoms with Gasteiger partial charge < -0.3 is 24.3 Å². The van der Waals surface area contributed by atoms with Crippen LogP contribution in [0.1, 0.15) is 15.9 Å². The highest BCUT2D eigenvalue weighted by molar-refractivity contribution is 5.96. The number of amides is 1. The highest BCUT2D eigenvalue weighted by atomic mass is 16.5. The molecule has 0 atom stereocenters. The van der Waals surface area contributed by atoms with Crippen LogP contribution in [0.2, 0.25) is 0 Å². The Morgan fingerprint density at radius 3 is 2.26 bits per heavy atom. The molecule has 0 saturated heterocycles. The quantitative estimate of drug-likeness (QED) is 0.524. The second-order valence-electron chi connectivity index (χ2n) is 6.46. The van der Waals surface area contributed by atoms with Crippen LogP contribution in [0.3, 0.4) is 0 Å². The number of benzene rings is 3. The molecule has 0 heterocycles. The van der Waals surface area contributed by atoms with E-state index in [9.17, 15) is 9.59 Å². The number of carbonyl (C=O) groups excluding carboxylic acids is 2. The Morgan fingerprint density at radius 1 is 0.806 bits per heavy atom. The van der Waals surface area contributed by atoms with Crippen LogP contribution in [-0.4, -0.2) is 32.7 Å². The summed E-state index contributed by atoms with van der Waals surface area (Å²) in [5, 5.41) is 2.65. The third-order valence-corrected chi connectivity index (χ3v) is 4.35. The highest BCUT2D eigenvalue weighted by Crippen LogP contribution is 2.29. The normalized spacial score (nSPS) is 10.1. The van der Waals surface area contributed by atoms with Crippen LogP contribution in [0.25, 0.3) is 0 Å². The van der Waals surface area contributed by atoms with Crippen LogP contribution in [0.15, 0.2) is 72.8 Å². The van der Waals surface area contributed by atoms with Crippen molar-refractivity contribution in [3.63, 3.8) is 0 Å². The van der Waals surface area contributed by atoms with E-state index in [0.717, 1.165) is 5.56 Å². The van der Waals surface area contributed by atoms with Crippen molar-refractivity contribution in [3.05, 3.63) is 83.9 Å². The summed E-state index contributed by atoms with van der Waals surface area (Å²) in [5.41, 5.74) is 1.75. The molecule has 3 aromatic rings. The molecule has 0 unspecified atom stereocenters. The van der Waals surface area contributed by atoms with Crippen LogP contribution < -0.4 is 19.5 Å². The molecule has 0 spiro atoms. The fourth-order valence-corrected chi connectivity index (χ4v) is 2.80. The van der Waals surface area contributed by atoms with Gasteiger partial charge in [0.05, 0.1) is 25.5 Å². The van der Waals surface area contributed by atoms with E-state index in [1.165, 1.54) is 20.3 Å². The Balaban J connectivity index is 1.57. The van der Waals surface area contributed by atoms with Gasteiger partial charge in [-0.25, -0.2) is 4.79 Å². The summed E-state index contributed by atoms with van der Waals surface area (Å²) >= 11 is 0. The standard InChI is InChI=1S/C24H23NO6/c1-28-20-11-7-6-10-19(20)25-23(26)16-31-24(27)18-12-13-21(22(14-18)29-2)30-15-17-8-4-3-5-9-17/h3-14H,15-16H2,1-2H3,(H,25,26). The molecule has 0 aliphatic carbocycles. The zero-order valence-electron chi connectivity index (χ0n) is 17.3. The van der Waals surface area contributed by atoms with E-state index in [4.69, 9.17) is 18.9 Å². The molecular weight excluding hydrogens is 398 g/mol. The molecule has 31 heavy (non-hydrogen) atoms. The molecule has 160 valence electrons. The zero-order chi connectivity index (χ0) is 22.1. The second-order valence-corrected chi connectivity index (χ2v) is 6.46. The van der Waals surface area contributed by atoms with E-state index in [0.29, 0.717) is 29.5 Å². The molecule has 0 aliphatic heterocycles. The number of nitrogens with one attached hydrogen (secondary N) is 1. The van der Waals surface area contributed by atoms with Gasteiger partial charge in [-0.05, 0) is 35.9 Å². The first-order valence-corrected chi connectivity index (χ1v) is 9.55. The second kappa shape index (κ2) is 10.7. The summed E-state index contributed by atoms with van der Waals surface area (Å²) in [6.45, 7) is -0.0738. The van der Waals surface area contributed by atoms with Crippen molar-refractivity contribution in [1.82, 2.24) is 0 Å². The minimum Gasteiger partial charge on any atom is -0.495 e. The minimum absolute atomic E-state index is 0.244. The zero-order valence-corrected chi connectivity index (χ0v) is 17.3. The van der Waals surface area contributed by atoms with Crippen molar-refractivity contribution in [2.24, 2.45) is 0 Å². The first-order valence-electron chi connectivity index (χ1n) is 9.55. The van der Waals surface area contributed by atoms with Gasteiger partial charge in [-0.15, -0.1) is 0 Å². The predicted molar refractivity (Wildman–Crippen MR) is 116 cm³/mol. The molecular formula is C24H23NO6. The smallest absolute Gasteiger partial charge is 0.338 e. The van der Waals surface area contributed by atoms with Crippen molar-refractivity contribution < 1.29 is 28.5 Å². The molecule has 0 bridgehead atoms. The number of rotatable bonds is 9. The van der Waals surface area contributed by atoms with E-state index in [1.807, 2.05) is 30.3 Å². The molecule has 0 aromatic heterocycles. The van der Waals surface area contributed by atoms with Crippen molar-refractivity contribution >= 4 is 17.6 Å². The molecule has 0 fully saturated rings. The molecule has 0 saturated carbocycles. The van der Waals surface area contributed by atoms with Crippen molar-refractivity contribution in [2.75, 3.05) is 26.1 Å². The monoisotopic (exact) mass is 421 g/mol. The fourth-order valence-electron chi connectivity index (χ4n) is 2.80. The lowest BCUT2D eigenvalue weighted by Gasteiger charge is -2.12. The lowest BCUT2D eigenvalue weighted by molar-refractivity contribution is -0.119. The average Bonchev–Trinajstić information content (AvgIpc) is 2.82. The Morgan fingerprint density at radius 2 is 1.52 bits per heavy atom. The summed E-state index contributed by atoms with van der Waals surface area (Å²) in [5.74, 6) is 0.273. The molecule has 0 radical (unpaired) electrons. The van der Waals surface area contributed by atoms with Crippen LogP contribution in [-0.2, 0) is 16.1 Å². The van der Waals surface area contributed by atoms with Crippen LogP contribution in [0.4, 0.5) is 5.69 Å². The van der Waals surface area contributed by atoms with Crippen LogP contribution in [0.5, 0.6) is 17.2 Å². The lowest BCUT2D eigenvalue weighted by atomic mass is 10.2. The fraction of sp³-hybridized carbons (Fsp3) is 0.167. The maximum Gasteiger partial charge on any atom is 0.338 e. The number of anilines is 1. The molecule has 7 nitrogen and oxygen atoms in total.